The summed E-state index contributed by atoms with van der Waals surface area (Å²) < 4.78 is 0.910. The number of thioether (sulfide) groups is 1. The van der Waals surface area contributed by atoms with E-state index in [2.05, 4.69) is 27.3 Å². The second-order valence-corrected chi connectivity index (χ2v) is 9.06. The first kappa shape index (κ1) is 22.4. The summed E-state index contributed by atoms with van der Waals surface area (Å²) in [5, 5.41) is 14.1. The van der Waals surface area contributed by atoms with Crippen LogP contribution in [0.25, 0.3) is 0 Å². The average molecular weight is 502 g/mol. The molecule has 0 fully saturated rings. The summed E-state index contributed by atoms with van der Waals surface area (Å²) in [4.78, 5) is 25.0. The van der Waals surface area contributed by atoms with Gasteiger partial charge in [-0.05, 0) is 43.7 Å². The zero-order valence-electron chi connectivity index (χ0n) is 16.3. The summed E-state index contributed by atoms with van der Waals surface area (Å²) in [6.45, 7) is 3.31. The molecule has 1 heterocycles. The molecule has 30 heavy (non-hydrogen) atoms. The van der Waals surface area contributed by atoms with Crippen LogP contribution in [0.15, 0.2) is 74.9 Å². The molecule has 2 aromatic carbocycles. The first-order valence-corrected chi connectivity index (χ1v) is 11.3. The van der Waals surface area contributed by atoms with Gasteiger partial charge in [-0.1, -0.05) is 63.6 Å². The number of nitrogens with zero attached hydrogens (tertiary/aromatic N) is 1. The highest BCUT2D eigenvalue weighted by atomic mass is 79.9. The van der Waals surface area contributed by atoms with Gasteiger partial charge in [0.2, 0.25) is 0 Å². The number of hydrogen-bond acceptors (Lipinski definition) is 5. The minimum Gasteiger partial charge on any atom is -0.353 e. The van der Waals surface area contributed by atoms with E-state index in [9.17, 15) is 14.9 Å². The van der Waals surface area contributed by atoms with Gasteiger partial charge in [0.1, 0.15) is 0 Å². The molecule has 152 valence electrons. The van der Waals surface area contributed by atoms with Crippen LogP contribution in [0.5, 0.6) is 0 Å². The summed E-state index contributed by atoms with van der Waals surface area (Å²) in [5.41, 5.74) is 2.95. The van der Waals surface area contributed by atoms with Crippen LogP contribution in [0.1, 0.15) is 35.7 Å². The van der Waals surface area contributed by atoms with Gasteiger partial charge in [-0.15, -0.1) is 0 Å². The van der Waals surface area contributed by atoms with Gasteiger partial charge < -0.3 is 5.32 Å². The van der Waals surface area contributed by atoms with E-state index in [4.69, 9.17) is 11.6 Å². The van der Waals surface area contributed by atoms with Crippen LogP contribution in [0, 0.1) is 11.3 Å². The molecule has 0 amide bonds. The van der Waals surface area contributed by atoms with Crippen LogP contribution >= 0.6 is 39.3 Å². The van der Waals surface area contributed by atoms with Crippen molar-refractivity contribution < 1.29 is 9.59 Å². The van der Waals surface area contributed by atoms with E-state index >= 15 is 0 Å². The number of dihydropyridines is 1. The Balaban J connectivity index is 1.97. The van der Waals surface area contributed by atoms with Crippen molar-refractivity contribution in [3.8, 4) is 6.07 Å². The first-order chi connectivity index (χ1) is 14.3. The summed E-state index contributed by atoms with van der Waals surface area (Å²) in [6, 6.07) is 16.7. The van der Waals surface area contributed by atoms with Gasteiger partial charge in [0.15, 0.2) is 11.6 Å². The molecule has 4 nitrogen and oxygen atoms in total. The Hall–Kier alpha value is -2.33. The lowest BCUT2D eigenvalue weighted by atomic mass is 9.81. The van der Waals surface area contributed by atoms with Crippen molar-refractivity contribution in [1.29, 1.82) is 5.26 Å². The van der Waals surface area contributed by atoms with Crippen molar-refractivity contribution in [2.24, 2.45) is 0 Å². The van der Waals surface area contributed by atoms with E-state index in [0.29, 0.717) is 32.5 Å². The number of Topliss-reactive ketones (excluding diaryl/α,β-unsaturated/α-hetero) is 2. The largest absolute Gasteiger partial charge is 0.353 e. The SMILES string of the molecule is CC(=O)C1=C(C)NC(SCC(=O)c2ccccc2Cl)=C(C#N)[C@H]1c1ccc(Br)cc1. The zero-order valence-corrected chi connectivity index (χ0v) is 19.5. The highest BCUT2D eigenvalue weighted by Gasteiger charge is 2.33. The molecule has 7 heteroatoms. The lowest BCUT2D eigenvalue weighted by molar-refractivity contribution is -0.113. The molecule has 0 bridgehead atoms. The minimum absolute atomic E-state index is 0.100. The summed E-state index contributed by atoms with van der Waals surface area (Å²) in [7, 11) is 0. The number of allylic oxidation sites excluding steroid dienone is 3. The quantitative estimate of drug-likeness (QED) is 0.491. The third kappa shape index (κ3) is 4.70. The normalized spacial score (nSPS) is 16.2. The van der Waals surface area contributed by atoms with Crippen LogP contribution in [0.3, 0.4) is 0 Å². The molecule has 1 atom stereocenters. The van der Waals surface area contributed by atoms with E-state index < -0.39 is 5.92 Å². The number of rotatable bonds is 6. The maximum Gasteiger partial charge on any atom is 0.174 e. The molecule has 0 spiro atoms. The Morgan fingerprint density at radius 1 is 1.20 bits per heavy atom. The second kappa shape index (κ2) is 9.65. The fraction of sp³-hybridized carbons (Fsp3) is 0.174. The standard InChI is InChI=1S/C23H18BrClN2O2S/c1-13-21(14(2)28)22(15-7-9-16(24)10-8-15)18(11-26)23(27-13)30-12-20(29)17-5-3-4-6-19(17)25/h3-10,22,27H,12H2,1-2H3/t22-/m1/s1. The molecule has 0 saturated heterocycles. The molecular formula is C23H18BrClN2O2S. The van der Waals surface area contributed by atoms with Gasteiger partial charge in [0.25, 0.3) is 0 Å². The van der Waals surface area contributed by atoms with Crippen molar-refractivity contribution in [2.45, 2.75) is 19.8 Å². The van der Waals surface area contributed by atoms with E-state index in [-0.39, 0.29) is 17.3 Å². The zero-order chi connectivity index (χ0) is 21.8. The van der Waals surface area contributed by atoms with Gasteiger partial charge in [0, 0.05) is 21.3 Å². The fourth-order valence-electron chi connectivity index (χ4n) is 3.38. The van der Waals surface area contributed by atoms with E-state index in [1.165, 1.54) is 18.7 Å². The number of benzene rings is 2. The van der Waals surface area contributed by atoms with Crippen LogP contribution < -0.4 is 5.32 Å². The Morgan fingerprint density at radius 3 is 2.47 bits per heavy atom. The monoisotopic (exact) mass is 500 g/mol. The van der Waals surface area contributed by atoms with Crippen LogP contribution in [0.4, 0.5) is 0 Å². The summed E-state index contributed by atoms with van der Waals surface area (Å²) in [5.74, 6) is -0.597. The minimum atomic E-state index is -0.486. The van der Waals surface area contributed by atoms with Crippen molar-refractivity contribution in [1.82, 2.24) is 5.32 Å². The predicted octanol–water partition coefficient (Wildman–Crippen LogP) is 6.00. The lowest BCUT2D eigenvalue weighted by Crippen LogP contribution is -2.27. The van der Waals surface area contributed by atoms with Gasteiger partial charge >= 0.3 is 0 Å². The van der Waals surface area contributed by atoms with Gasteiger partial charge in [-0.3, -0.25) is 9.59 Å². The van der Waals surface area contributed by atoms with Crippen LogP contribution in [-0.4, -0.2) is 17.3 Å². The van der Waals surface area contributed by atoms with Crippen molar-refractivity contribution in [3.05, 3.63) is 91.0 Å². The molecule has 0 aliphatic carbocycles. The number of nitriles is 1. The third-order valence-corrected chi connectivity index (χ3v) is 6.63. The summed E-state index contributed by atoms with van der Waals surface area (Å²) in [6.07, 6.45) is 0. The molecular weight excluding hydrogens is 484 g/mol. The maximum absolute atomic E-state index is 12.6. The van der Waals surface area contributed by atoms with Crippen LogP contribution in [0.2, 0.25) is 5.02 Å². The third-order valence-electron chi connectivity index (χ3n) is 4.75. The Bertz CT molecular complexity index is 1120. The van der Waals surface area contributed by atoms with Crippen molar-refractivity contribution >= 4 is 50.9 Å². The molecule has 3 rings (SSSR count). The molecule has 1 aliphatic rings. The Kier molecular flexibility index (Phi) is 7.19. The number of hydrogen-bond donors (Lipinski definition) is 1. The molecule has 0 aromatic heterocycles. The van der Waals surface area contributed by atoms with Crippen molar-refractivity contribution in [3.63, 3.8) is 0 Å². The second-order valence-electron chi connectivity index (χ2n) is 6.75. The summed E-state index contributed by atoms with van der Waals surface area (Å²) >= 11 is 10.8. The van der Waals surface area contributed by atoms with Crippen molar-refractivity contribution in [2.75, 3.05) is 5.75 Å². The van der Waals surface area contributed by atoms with Crippen LogP contribution in [-0.2, 0) is 4.79 Å². The number of ketones is 2. The smallest absolute Gasteiger partial charge is 0.174 e. The molecule has 0 unspecified atom stereocenters. The Morgan fingerprint density at radius 2 is 1.87 bits per heavy atom. The molecule has 1 N–H and O–H groups in total. The topological polar surface area (TPSA) is 70.0 Å². The molecule has 1 aliphatic heterocycles. The van der Waals surface area contributed by atoms with E-state index in [0.717, 1.165) is 10.0 Å². The predicted molar refractivity (Wildman–Crippen MR) is 124 cm³/mol. The van der Waals surface area contributed by atoms with E-state index in [1.54, 1.807) is 24.3 Å². The van der Waals surface area contributed by atoms with Gasteiger partial charge in [-0.2, -0.15) is 5.26 Å². The molecule has 0 saturated carbocycles. The van der Waals surface area contributed by atoms with Gasteiger partial charge in [0.05, 0.1) is 33.4 Å². The molecule has 2 aromatic rings. The first-order valence-electron chi connectivity index (χ1n) is 9.12. The van der Waals surface area contributed by atoms with Gasteiger partial charge in [-0.25, -0.2) is 0 Å². The number of nitrogens with one attached hydrogen (secondary N) is 1. The number of carbonyl (C=O) groups excluding carboxylic acids is 2. The Labute approximate surface area is 193 Å². The molecule has 0 radical (unpaired) electrons. The van der Waals surface area contributed by atoms with E-state index in [1.807, 2.05) is 31.2 Å². The highest BCUT2D eigenvalue weighted by Crippen LogP contribution is 2.41. The maximum atomic E-state index is 12.6. The lowest BCUT2D eigenvalue weighted by Gasteiger charge is -2.29. The highest BCUT2D eigenvalue weighted by molar-refractivity contribution is 9.10. The average Bonchev–Trinajstić information content (AvgIpc) is 2.72. The fourth-order valence-corrected chi connectivity index (χ4v) is 4.87. The number of carbonyl (C=O) groups is 2. The number of halogens is 2.